The molecule has 1 fully saturated rings. The van der Waals surface area contributed by atoms with E-state index in [1.165, 1.54) is 0 Å². The molecule has 7 heteroatoms. The van der Waals surface area contributed by atoms with Crippen LogP contribution >= 0.6 is 0 Å². The van der Waals surface area contributed by atoms with Crippen LogP contribution in [0.3, 0.4) is 0 Å². The summed E-state index contributed by atoms with van der Waals surface area (Å²) in [4.78, 5) is 18.8. The number of amides is 1. The van der Waals surface area contributed by atoms with Crippen LogP contribution in [-0.4, -0.2) is 38.7 Å². The van der Waals surface area contributed by atoms with Crippen molar-refractivity contribution in [3.05, 3.63) is 41.3 Å². The Balaban J connectivity index is 1.84. The highest BCUT2D eigenvalue weighted by Crippen LogP contribution is 2.36. The first-order valence-electron chi connectivity index (χ1n) is 8.93. The van der Waals surface area contributed by atoms with E-state index in [-0.39, 0.29) is 17.9 Å². The summed E-state index contributed by atoms with van der Waals surface area (Å²) in [6, 6.07) is 5.78. The predicted octanol–water partition coefficient (Wildman–Crippen LogP) is 2.41. The molecular weight excluding hydrogens is 328 g/mol. The van der Waals surface area contributed by atoms with E-state index in [0.717, 1.165) is 17.7 Å². The molecule has 0 bridgehead atoms. The lowest BCUT2D eigenvalue weighted by molar-refractivity contribution is -0.138. The molecule has 1 aliphatic heterocycles. The summed E-state index contributed by atoms with van der Waals surface area (Å²) in [5.74, 6) is 1.02. The van der Waals surface area contributed by atoms with Crippen LogP contribution in [0.4, 0.5) is 5.82 Å². The van der Waals surface area contributed by atoms with Gasteiger partial charge in [0.1, 0.15) is 11.9 Å². The van der Waals surface area contributed by atoms with E-state index in [9.17, 15) is 10.1 Å². The standard InChI is InChI=1S/C19H24N6O/c1-4-25-17(26)8-7-15(18(25)16-11-22-24(3)12-16)10-21-19-14(9-20)6-5-13(2)23-19/h5-6,11-12,15,18H,4,7-8,10H2,1-3H3,(H,21,23)/t15-,18+/m1/s1. The van der Waals surface area contributed by atoms with Crippen molar-refractivity contribution in [2.75, 3.05) is 18.4 Å². The topological polar surface area (TPSA) is 86.8 Å². The van der Waals surface area contributed by atoms with Crippen LogP contribution in [0.1, 0.15) is 42.6 Å². The summed E-state index contributed by atoms with van der Waals surface area (Å²) >= 11 is 0. The second kappa shape index (κ2) is 7.56. The van der Waals surface area contributed by atoms with Crippen molar-refractivity contribution in [1.29, 1.82) is 5.26 Å². The number of pyridine rings is 1. The number of hydrogen-bond donors (Lipinski definition) is 1. The Morgan fingerprint density at radius 2 is 2.23 bits per heavy atom. The second-order valence-electron chi connectivity index (χ2n) is 6.71. The second-order valence-corrected chi connectivity index (χ2v) is 6.71. The number of likely N-dealkylation sites (tertiary alicyclic amines) is 1. The smallest absolute Gasteiger partial charge is 0.223 e. The molecule has 1 amide bonds. The third kappa shape index (κ3) is 3.54. The van der Waals surface area contributed by atoms with Gasteiger partial charge in [-0.15, -0.1) is 0 Å². The molecule has 2 aromatic rings. The Hall–Kier alpha value is -2.88. The van der Waals surface area contributed by atoms with Crippen molar-refractivity contribution in [3.8, 4) is 6.07 Å². The quantitative estimate of drug-likeness (QED) is 0.893. The third-order valence-electron chi connectivity index (χ3n) is 4.93. The number of hydrogen-bond acceptors (Lipinski definition) is 5. The summed E-state index contributed by atoms with van der Waals surface area (Å²) in [6.45, 7) is 5.23. The van der Waals surface area contributed by atoms with Gasteiger partial charge in [-0.2, -0.15) is 10.4 Å². The summed E-state index contributed by atoms with van der Waals surface area (Å²) in [5.41, 5.74) is 2.45. The van der Waals surface area contributed by atoms with Crippen LogP contribution in [0.15, 0.2) is 24.5 Å². The van der Waals surface area contributed by atoms with Gasteiger partial charge in [0, 0.05) is 49.9 Å². The Kier molecular flexibility index (Phi) is 5.21. The lowest BCUT2D eigenvalue weighted by atomic mass is 9.85. The highest BCUT2D eigenvalue weighted by molar-refractivity contribution is 5.77. The lowest BCUT2D eigenvalue weighted by Gasteiger charge is -2.40. The van der Waals surface area contributed by atoms with Gasteiger partial charge >= 0.3 is 0 Å². The summed E-state index contributed by atoms with van der Waals surface area (Å²) in [5, 5.41) is 16.9. The molecule has 1 aliphatic rings. The van der Waals surface area contributed by atoms with E-state index in [2.05, 4.69) is 21.5 Å². The molecule has 0 spiro atoms. The van der Waals surface area contributed by atoms with Crippen LogP contribution < -0.4 is 5.32 Å². The number of piperidine rings is 1. The number of carbonyl (C=O) groups excluding carboxylic acids is 1. The SMILES string of the molecule is CCN1C(=O)CC[C@H](CNc2nc(C)ccc2C#N)[C@H]1c1cnn(C)c1. The van der Waals surface area contributed by atoms with Gasteiger partial charge in [-0.3, -0.25) is 9.48 Å². The molecule has 0 saturated carbocycles. The molecule has 7 nitrogen and oxygen atoms in total. The van der Waals surface area contributed by atoms with Crippen molar-refractivity contribution in [1.82, 2.24) is 19.7 Å². The first-order valence-corrected chi connectivity index (χ1v) is 8.93. The van der Waals surface area contributed by atoms with Gasteiger partial charge in [-0.05, 0) is 32.4 Å². The van der Waals surface area contributed by atoms with Crippen LogP contribution in [0, 0.1) is 24.2 Å². The number of nitrogens with one attached hydrogen (secondary N) is 1. The van der Waals surface area contributed by atoms with E-state index in [1.54, 1.807) is 10.7 Å². The molecule has 0 unspecified atom stereocenters. The Morgan fingerprint density at radius 1 is 1.42 bits per heavy atom. The first-order chi connectivity index (χ1) is 12.5. The van der Waals surface area contributed by atoms with Gasteiger partial charge in [0.25, 0.3) is 0 Å². The number of aryl methyl sites for hydroxylation is 2. The molecule has 3 rings (SSSR count). The van der Waals surface area contributed by atoms with Crippen molar-refractivity contribution in [3.63, 3.8) is 0 Å². The minimum Gasteiger partial charge on any atom is -0.369 e. The van der Waals surface area contributed by atoms with Crippen LogP contribution in [0.25, 0.3) is 0 Å². The van der Waals surface area contributed by atoms with E-state index >= 15 is 0 Å². The minimum absolute atomic E-state index is 0.0159. The summed E-state index contributed by atoms with van der Waals surface area (Å²) in [7, 11) is 1.88. The molecule has 0 aliphatic carbocycles. The maximum Gasteiger partial charge on any atom is 0.223 e. The van der Waals surface area contributed by atoms with Gasteiger partial charge in [0.15, 0.2) is 0 Å². The fraction of sp³-hybridized carbons (Fsp3) is 0.474. The highest BCUT2D eigenvalue weighted by Gasteiger charge is 2.36. The third-order valence-corrected chi connectivity index (χ3v) is 4.93. The molecule has 3 heterocycles. The fourth-order valence-corrected chi connectivity index (χ4v) is 3.66. The monoisotopic (exact) mass is 352 g/mol. The zero-order chi connectivity index (χ0) is 18.7. The number of carbonyl (C=O) groups is 1. The maximum absolute atomic E-state index is 12.4. The largest absolute Gasteiger partial charge is 0.369 e. The molecule has 0 radical (unpaired) electrons. The fourth-order valence-electron chi connectivity index (χ4n) is 3.66. The van der Waals surface area contributed by atoms with E-state index < -0.39 is 0 Å². The average Bonchev–Trinajstić information content (AvgIpc) is 3.06. The lowest BCUT2D eigenvalue weighted by Crippen LogP contribution is -2.44. The predicted molar refractivity (Wildman–Crippen MR) is 98.2 cm³/mol. The van der Waals surface area contributed by atoms with Crippen molar-refractivity contribution >= 4 is 11.7 Å². The number of rotatable bonds is 5. The van der Waals surface area contributed by atoms with Crippen LogP contribution in [0.2, 0.25) is 0 Å². The van der Waals surface area contributed by atoms with Crippen molar-refractivity contribution in [2.24, 2.45) is 13.0 Å². The van der Waals surface area contributed by atoms with Gasteiger partial charge < -0.3 is 10.2 Å². The zero-order valence-corrected chi connectivity index (χ0v) is 15.4. The van der Waals surface area contributed by atoms with Crippen molar-refractivity contribution < 1.29 is 4.79 Å². The van der Waals surface area contributed by atoms with Crippen LogP contribution in [0.5, 0.6) is 0 Å². The van der Waals surface area contributed by atoms with E-state index in [1.807, 2.05) is 44.3 Å². The molecular formula is C19H24N6O. The van der Waals surface area contributed by atoms with Crippen molar-refractivity contribution in [2.45, 2.75) is 32.7 Å². The maximum atomic E-state index is 12.4. The van der Waals surface area contributed by atoms with Gasteiger partial charge in [0.2, 0.25) is 5.91 Å². The molecule has 26 heavy (non-hydrogen) atoms. The first kappa shape index (κ1) is 17.9. The number of anilines is 1. The number of aromatic nitrogens is 3. The Bertz CT molecular complexity index is 837. The molecule has 1 saturated heterocycles. The molecule has 136 valence electrons. The van der Waals surface area contributed by atoms with Gasteiger partial charge in [-0.1, -0.05) is 0 Å². The van der Waals surface area contributed by atoms with E-state index in [4.69, 9.17) is 0 Å². The normalized spacial score (nSPS) is 20.1. The highest BCUT2D eigenvalue weighted by atomic mass is 16.2. The van der Waals surface area contributed by atoms with E-state index in [0.29, 0.717) is 30.9 Å². The Morgan fingerprint density at radius 3 is 2.88 bits per heavy atom. The summed E-state index contributed by atoms with van der Waals surface area (Å²) in [6.07, 6.45) is 5.16. The molecule has 0 aromatic carbocycles. The molecule has 2 atom stereocenters. The van der Waals surface area contributed by atoms with Crippen LogP contribution in [-0.2, 0) is 11.8 Å². The number of nitrogens with zero attached hydrogens (tertiary/aromatic N) is 5. The van der Waals surface area contributed by atoms with Gasteiger partial charge in [0.05, 0.1) is 17.8 Å². The zero-order valence-electron chi connectivity index (χ0n) is 15.4. The number of nitriles is 1. The molecule has 2 aromatic heterocycles. The molecule has 1 N–H and O–H groups in total. The Labute approximate surface area is 153 Å². The minimum atomic E-state index is -0.0159. The summed E-state index contributed by atoms with van der Waals surface area (Å²) < 4.78 is 1.77. The average molecular weight is 352 g/mol. The van der Waals surface area contributed by atoms with Gasteiger partial charge in [-0.25, -0.2) is 4.98 Å².